The predicted octanol–water partition coefficient (Wildman–Crippen LogP) is 1.40. The Balaban J connectivity index is 1.44. The van der Waals surface area contributed by atoms with Crippen LogP contribution >= 0.6 is 11.3 Å². The van der Waals surface area contributed by atoms with E-state index in [0.717, 1.165) is 10.6 Å². The van der Waals surface area contributed by atoms with E-state index in [0.29, 0.717) is 10.7 Å². The third kappa shape index (κ3) is 2.91. The summed E-state index contributed by atoms with van der Waals surface area (Å²) in [6.45, 7) is 1.09. The SMILES string of the molecule is Cc1csc2nc(COC(=O)CN3C(=O)c4ccccc4C3=O)cc(=O)n12. The Morgan fingerprint density at radius 2 is 1.81 bits per heavy atom. The number of imide groups is 1. The van der Waals surface area contributed by atoms with E-state index in [2.05, 4.69) is 4.98 Å². The first-order valence-electron chi connectivity index (χ1n) is 8.03. The summed E-state index contributed by atoms with van der Waals surface area (Å²) in [5, 5.41) is 1.81. The van der Waals surface area contributed by atoms with Gasteiger partial charge >= 0.3 is 5.97 Å². The number of amides is 2. The molecule has 3 aromatic rings. The molecule has 1 aromatic carbocycles. The van der Waals surface area contributed by atoms with E-state index in [1.807, 2.05) is 5.38 Å². The fourth-order valence-corrected chi connectivity index (χ4v) is 3.78. The average Bonchev–Trinajstić information content (AvgIpc) is 3.14. The third-order valence-electron chi connectivity index (χ3n) is 4.18. The summed E-state index contributed by atoms with van der Waals surface area (Å²) in [5.41, 5.74) is 1.36. The molecule has 136 valence electrons. The summed E-state index contributed by atoms with van der Waals surface area (Å²) < 4.78 is 6.57. The largest absolute Gasteiger partial charge is 0.458 e. The number of carbonyl (C=O) groups is 3. The minimum absolute atomic E-state index is 0.218. The zero-order valence-electron chi connectivity index (χ0n) is 14.2. The van der Waals surface area contributed by atoms with E-state index in [-0.39, 0.29) is 23.3 Å². The maximum atomic E-state index is 12.3. The summed E-state index contributed by atoms with van der Waals surface area (Å²) in [5.74, 6) is -1.81. The first-order valence-corrected chi connectivity index (χ1v) is 8.91. The van der Waals surface area contributed by atoms with E-state index < -0.39 is 24.3 Å². The van der Waals surface area contributed by atoms with Crippen molar-refractivity contribution in [3.05, 3.63) is 68.6 Å². The first-order chi connectivity index (χ1) is 13.0. The number of benzene rings is 1. The van der Waals surface area contributed by atoms with Gasteiger partial charge < -0.3 is 4.74 Å². The number of aryl methyl sites for hydroxylation is 1. The Hall–Kier alpha value is -3.33. The van der Waals surface area contributed by atoms with Crippen LogP contribution in [-0.2, 0) is 16.1 Å². The van der Waals surface area contributed by atoms with Crippen molar-refractivity contribution >= 4 is 34.1 Å². The minimum Gasteiger partial charge on any atom is -0.458 e. The van der Waals surface area contributed by atoms with Gasteiger partial charge in [0.15, 0.2) is 4.96 Å². The number of aromatic nitrogens is 2. The normalized spacial score (nSPS) is 13.3. The van der Waals surface area contributed by atoms with Crippen molar-refractivity contribution in [2.45, 2.75) is 13.5 Å². The van der Waals surface area contributed by atoms with Gasteiger partial charge in [0.1, 0.15) is 13.2 Å². The van der Waals surface area contributed by atoms with Crippen LogP contribution in [0.15, 0.2) is 40.5 Å². The highest BCUT2D eigenvalue weighted by atomic mass is 32.1. The van der Waals surface area contributed by atoms with Crippen molar-refractivity contribution in [3.8, 4) is 0 Å². The number of hydrogen-bond acceptors (Lipinski definition) is 7. The summed E-state index contributed by atoms with van der Waals surface area (Å²) in [7, 11) is 0. The molecule has 0 spiro atoms. The second kappa shape index (κ2) is 6.44. The molecule has 1 aliphatic heterocycles. The molecular formula is C18H13N3O5S. The quantitative estimate of drug-likeness (QED) is 0.499. The smallest absolute Gasteiger partial charge is 0.326 e. The Labute approximate surface area is 156 Å². The molecule has 0 unspecified atom stereocenters. The fourth-order valence-electron chi connectivity index (χ4n) is 2.89. The first kappa shape index (κ1) is 17.1. The lowest BCUT2D eigenvalue weighted by Crippen LogP contribution is -2.35. The van der Waals surface area contributed by atoms with Crippen molar-refractivity contribution in [2.75, 3.05) is 6.54 Å². The van der Waals surface area contributed by atoms with Gasteiger partial charge in [0, 0.05) is 17.1 Å². The molecule has 0 N–H and O–H groups in total. The number of fused-ring (bicyclic) bond motifs is 2. The van der Waals surface area contributed by atoms with Crippen molar-refractivity contribution in [1.29, 1.82) is 0 Å². The number of thiazole rings is 1. The standard InChI is InChI=1S/C18H13N3O5S/c1-10-9-27-18-19-11(6-14(22)21(10)18)8-26-15(23)7-20-16(24)12-4-2-3-5-13(12)17(20)25/h2-6,9H,7-8H2,1H3. The summed E-state index contributed by atoms with van der Waals surface area (Å²) in [6.07, 6.45) is 0. The molecular weight excluding hydrogens is 370 g/mol. The number of nitrogens with zero attached hydrogens (tertiary/aromatic N) is 3. The lowest BCUT2D eigenvalue weighted by Gasteiger charge is -2.12. The van der Waals surface area contributed by atoms with E-state index in [1.165, 1.54) is 33.9 Å². The van der Waals surface area contributed by atoms with Crippen molar-refractivity contribution in [2.24, 2.45) is 0 Å². The molecule has 0 bridgehead atoms. The molecule has 2 aromatic heterocycles. The highest BCUT2D eigenvalue weighted by Crippen LogP contribution is 2.22. The van der Waals surface area contributed by atoms with Gasteiger partial charge in [0.25, 0.3) is 17.4 Å². The van der Waals surface area contributed by atoms with E-state index >= 15 is 0 Å². The van der Waals surface area contributed by atoms with Crippen LogP contribution in [0.25, 0.3) is 4.96 Å². The van der Waals surface area contributed by atoms with Crippen LogP contribution < -0.4 is 5.56 Å². The molecule has 0 radical (unpaired) electrons. The molecule has 0 fully saturated rings. The monoisotopic (exact) mass is 383 g/mol. The molecule has 27 heavy (non-hydrogen) atoms. The van der Waals surface area contributed by atoms with Crippen LogP contribution in [0, 0.1) is 6.92 Å². The summed E-state index contributed by atoms with van der Waals surface area (Å²) in [6, 6.07) is 7.67. The molecule has 0 aliphatic carbocycles. The summed E-state index contributed by atoms with van der Waals surface area (Å²) >= 11 is 1.31. The zero-order chi connectivity index (χ0) is 19.1. The third-order valence-corrected chi connectivity index (χ3v) is 5.12. The molecule has 3 heterocycles. The second-order valence-electron chi connectivity index (χ2n) is 5.98. The number of rotatable bonds is 4. The zero-order valence-corrected chi connectivity index (χ0v) is 15.0. The number of hydrogen-bond donors (Lipinski definition) is 0. The molecule has 0 atom stereocenters. The highest BCUT2D eigenvalue weighted by Gasteiger charge is 2.36. The van der Waals surface area contributed by atoms with E-state index in [9.17, 15) is 19.2 Å². The Bertz CT molecular complexity index is 1130. The van der Waals surface area contributed by atoms with Gasteiger partial charge in [-0.05, 0) is 19.1 Å². The molecule has 2 amide bonds. The Kier molecular flexibility index (Phi) is 4.08. The van der Waals surface area contributed by atoms with Gasteiger partial charge in [-0.2, -0.15) is 0 Å². The van der Waals surface area contributed by atoms with Crippen molar-refractivity contribution in [1.82, 2.24) is 14.3 Å². The van der Waals surface area contributed by atoms with Gasteiger partial charge in [-0.25, -0.2) is 4.98 Å². The molecule has 9 heteroatoms. The Morgan fingerprint density at radius 3 is 2.48 bits per heavy atom. The van der Waals surface area contributed by atoms with Gasteiger partial charge in [0.05, 0.1) is 16.8 Å². The molecule has 0 saturated carbocycles. The number of esters is 1. The second-order valence-corrected chi connectivity index (χ2v) is 6.82. The lowest BCUT2D eigenvalue weighted by molar-refractivity contribution is -0.145. The maximum Gasteiger partial charge on any atom is 0.326 e. The minimum atomic E-state index is -0.756. The van der Waals surface area contributed by atoms with E-state index in [4.69, 9.17) is 4.74 Å². The topological polar surface area (TPSA) is 98.0 Å². The van der Waals surface area contributed by atoms with Crippen LogP contribution in [0.5, 0.6) is 0 Å². The fraction of sp³-hybridized carbons (Fsp3) is 0.167. The number of carbonyl (C=O) groups excluding carboxylic acids is 3. The predicted molar refractivity (Wildman–Crippen MR) is 95.7 cm³/mol. The van der Waals surface area contributed by atoms with Crippen LogP contribution in [0.2, 0.25) is 0 Å². The van der Waals surface area contributed by atoms with Crippen molar-refractivity contribution in [3.63, 3.8) is 0 Å². The summed E-state index contributed by atoms with van der Waals surface area (Å²) in [4.78, 5) is 54.3. The van der Waals surface area contributed by atoms with Gasteiger partial charge in [-0.15, -0.1) is 11.3 Å². The maximum absolute atomic E-state index is 12.3. The van der Waals surface area contributed by atoms with Gasteiger partial charge in [-0.3, -0.25) is 28.5 Å². The lowest BCUT2D eigenvalue weighted by atomic mass is 10.1. The van der Waals surface area contributed by atoms with E-state index in [1.54, 1.807) is 19.1 Å². The van der Waals surface area contributed by atoms with Crippen LogP contribution in [0.1, 0.15) is 32.1 Å². The molecule has 8 nitrogen and oxygen atoms in total. The van der Waals surface area contributed by atoms with Crippen LogP contribution in [0.4, 0.5) is 0 Å². The van der Waals surface area contributed by atoms with Gasteiger partial charge in [-0.1, -0.05) is 12.1 Å². The highest BCUT2D eigenvalue weighted by molar-refractivity contribution is 7.15. The average molecular weight is 383 g/mol. The van der Waals surface area contributed by atoms with Crippen molar-refractivity contribution < 1.29 is 19.1 Å². The van der Waals surface area contributed by atoms with Gasteiger partial charge in [0.2, 0.25) is 0 Å². The van der Waals surface area contributed by atoms with Crippen LogP contribution in [0.3, 0.4) is 0 Å². The molecule has 0 saturated heterocycles. The molecule has 4 rings (SSSR count). The van der Waals surface area contributed by atoms with Crippen LogP contribution in [-0.4, -0.2) is 38.6 Å². The number of ether oxygens (including phenoxy) is 1. The Morgan fingerprint density at radius 1 is 1.15 bits per heavy atom. The molecule has 1 aliphatic rings.